The van der Waals surface area contributed by atoms with Gasteiger partial charge >= 0.3 is 5.97 Å². The lowest BCUT2D eigenvalue weighted by atomic mass is 10.0. The Morgan fingerprint density at radius 2 is 1.42 bits per heavy atom. The molecule has 0 aromatic carbocycles. The fraction of sp³-hybridized carbons (Fsp3) is 0.917. The van der Waals surface area contributed by atoms with E-state index in [0.29, 0.717) is 6.42 Å². The maximum Gasteiger partial charge on any atom is 0.366 e. The summed E-state index contributed by atoms with van der Waals surface area (Å²) in [5.74, 6) is -4.84. The van der Waals surface area contributed by atoms with E-state index in [1.807, 2.05) is 0 Å². The highest BCUT2D eigenvalue weighted by molar-refractivity contribution is 5.75. The van der Waals surface area contributed by atoms with Crippen LogP contribution in [-0.2, 0) is 4.79 Å². The Bertz CT molecular complexity index is 224. The van der Waals surface area contributed by atoms with E-state index in [1.54, 1.807) is 0 Å². The zero-order valence-corrected chi connectivity index (χ0v) is 11.8. The van der Waals surface area contributed by atoms with Crippen LogP contribution in [0.25, 0.3) is 0 Å². The van der Waals surface area contributed by atoms with E-state index in [-0.39, 0.29) is 18.7 Å². The molecule has 7 nitrogen and oxygen atoms in total. The SMILES string of the molecule is CCCCCCCCCC(O)C(O)(O)C(=O)O.N.N. The van der Waals surface area contributed by atoms with Crippen molar-refractivity contribution in [1.82, 2.24) is 12.3 Å². The Morgan fingerprint density at radius 3 is 1.84 bits per heavy atom. The van der Waals surface area contributed by atoms with Gasteiger partial charge in [-0.15, -0.1) is 0 Å². The molecule has 0 saturated heterocycles. The highest BCUT2D eigenvalue weighted by atomic mass is 16.6. The number of aliphatic hydroxyl groups excluding tert-OH is 1. The minimum Gasteiger partial charge on any atom is -0.477 e. The zero-order chi connectivity index (χ0) is 13.3. The topological polar surface area (TPSA) is 168 Å². The second kappa shape index (κ2) is 12.3. The smallest absolute Gasteiger partial charge is 0.366 e. The van der Waals surface area contributed by atoms with E-state index in [0.717, 1.165) is 19.3 Å². The van der Waals surface area contributed by atoms with Crippen molar-refractivity contribution in [2.75, 3.05) is 0 Å². The van der Waals surface area contributed by atoms with Crippen LogP contribution < -0.4 is 12.3 Å². The van der Waals surface area contributed by atoms with Crippen molar-refractivity contribution < 1.29 is 25.2 Å². The van der Waals surface area contributed by atoms with E-state index in [9.17, 15) is 9.90 Å². The van der Waals surface area contributed by atoms with Crippen LogP contribution >= 0.6 is 0 Å². The Balaban J connectivity index is -0.00000128. The lowest BCUT2D eigenvalue weighted by Crippen LogP contribution is -2.49. The average molecular weight is 282 g/mol. The third kappa shape index (κ3) is 9.80. The molecule has 0 aromatic heterocycles. The van der Waals surface area contributed by atoms with Gasteiger partial charge in [-0.1, -0.05) is 51.9 Å². The normalized spacial score (nSPS) is 12.2. The maximum atomic E-state index is 10.4. The molecule has 0 amide bonds. The molecule has 0 fully saturated rings. The molecular weight excluding hydrogens is 252 g/mol. The van der Waals surface area contributed by atoms with E-state index in [1.165, 1.54) is 19.3 Å². The third-order valence-corrected chi connectivity index (χ3v) is 2.86. The van der Waals surface area contributed by atoms with Gasteiger partial charge in [-0.25, -0.2) is 4.79 Å². The molecule has 118 valence electrons. The summed E-state index contributed by atoms with van der Waals surface area (Å²) in [6, 6.07) is 0. The summed E-state index contributed by atoms with van der Waals surface area (Å²) in [6.07, 6.45) is 5.70. The molecule has 1 atom stereocenters. The molecule has 0 rings (SSSR count). The first-order valence-corrected chi connectivity index (χ1v) is 6.29. The van der Waals surface area contributed by atoms with Crippen molar-refractivity contribution in [3.05, 3.63) is 0 Å². The molecule has 19 heavy (non-hydrogen) atoms. The number of aliphatic hydroxyl groups is 3. The number of carboxylic acids is 1. The van der Waals surface area contributed by atoms with Gasteiger partial charge in [0.05, 0.1) is 0 Å². The quantitative estimate of drug-likeness (QED) is 0.261. The second-order valence-corrected chi connectivity index (χ2v) is 4.46. The minimum atomic E-state index is -3.03. The fourth-order valence-corrected chi connectivity index (χ4v) is 1.64. The molecule has 0 aromatic rings. The van der Waals surface area contributed by atoms with Crippen LogP contribution in [-0.4, -0.2) is 38.3 Å². The van der Waals surface area contributed by atoms with Crippen LogP contribution in [0.5, 0.6) is 0 Å². The summed E-state index contributed by atoms with van der Waals surface area (Å²) in [7, 11) is 0. The average Bonchev–Trinajstić information content (AvgIpc) is 2.27. The van der Waals surface area contributed by atoms with Gasteiger partial charge in [0.2, 0.25) is 0 Å². The molecule has 7 heteroatoms. The molecule has 10 N–H and O–H groups in total. The summed E-state index contributed by atoms with van der Waals surface area (Å²) in [4.78, 5) is 10.4. The van der Waals surface area contributed by atoms with Gasteiger partial charge in [-0.2, -0.15) is 0 Å². The van der Waals surface area contributed by atoms with Crippen molar-refractivity contribution in [3.8, 4) is 0 Å². The van der Waals surface area contributed by atoms with Crippen molar-refractivity contribution in [2.45, 2.75) is 70.2 Å². The maximum absolute atomic E-state index is 10.4. The standard InChI is InChI=1S/C12H24O5.2H3N/c1-2-3-4-5-6-7-8-9-10(13)12(16,17)11(14)15;;/h10,13,16-17H,2-9H2,1H3,(H,14,15);2*1H3. The molecule has 1 unspecified atom stereocenters. The van der Waals surface area contributed by atoms with Gasteiger partial charge in [0.25, 0.3) is 5.79 Å². The first kappa shape index (κ1) is 23.4. The first-order valence-electron chi connectivity index (χ1n) is 6.29. The summed E-state index contributed by atoms with van der Waals surface area (Å²) >= 11 is 0. The molecule has 0 aliphatic rings. The highest BCUT2D eigenvalue weighted by Gasteiger charge is 2.41. The number of unbranched alkanes of at least 4 members (excludes halogenated alkanes) is 6. The Hall–Kier alpha value is -0.730. The molecule has 0 spiro atoms. The van der Waals surface area contributed by atoms with Gasteiger partial charge in [-0.05, 0) is 6.42 Å². The Morgan fingerprint density at radius 1 is 1.00 bits per heavy atom. The van der Waals surface area contributed by atoms with Crippen LogP contribution in [0.1, 0.15) is 58.3 Å². The summed E-state index contributed by atoms with van der Waals surface area (Å²) < 4.78 is 0. The van der Waals surface area contributed by atoms with E-state index >= 15 is 0 Å². The largest absolute Gasteiger partial charge is 0.477 e. The molecule has 0 heterocycles. The molecule has 0 bridgehead atoms. The van der Waals surface area contributed by atoms with Gasteiger partial charge in [0.15, 0.2) is 0 Å². The van der Waals surface area contributed by atoms with Crippen LogP contribution in [0.3, 0.4) is 0 Å². The van der Waals surface area contributed by atoms with Gasteiger partial charge in [0, 0.05) is 0 Å². The van der Waals surface area contributed by atoms with E-state index in [4.69, 9.17) is 15.3 Å². The first-order chi connectivity index (χ1) is 7.92. The minimum absolute atomic E-state index is 0. The summed E-state index contributed by atoms with van der Waals surface area (Å²) in [6.45, 7) is 2.14. The molecule has 0 aliphatic carbocycles. The number of hydrogen-bond acceptors (Lipinski definition) is 6. The number of hydrogen-bond donors (Lipinski definition) is 6. The summed E-state index contributed by atoms with van der Waals surface area (Å²) in [5.41, 5.74) is 0. The monoisotopic (exact) mass is 282 g/mol. The molecule has 0 saturated carbocycles. The third-order valence-electron chi connectivity index (χ3n) is 2.86. The van der Waals surface area contributed by atoms with Crippen LogP contribution in [0.15, 0.2) is 0 Å². The van der Waals surface area contributed by atoms with Crippen molar-refractivity contribution in [2.24, 2.45) is 0 Å². The number of aliphatic carboxylic acids is 1. The molecule has 0 radical (unpaired) electrons. The Labute approximate surface area is 114 Å². The van der Waals surface area contributed by atoms with Gasteiger partial charge < -0.3 is 32.7 Å². The van der Waals surface area contributed by atoms with Crippen LogP contribution in [0, 0.1) is 0 Å². The number of carboxylic acid groups (broad SMARTS) is 1. The van der Waals surface area contributed by atoms with Crippen molar-refractivity contribution in [1.29, 1.82) is 0 Å². The van der Waals surface area contributed by atoms with Crippen molar-refractivity contribution in [3.63, 3.8) is 0 Å². The zero-order valence-electron chi connectivity index (χ0n) is 11.8. The van der Waals surface area contributed by atoms with Gasteiger partial charge in [-0.3, -0.25) is 0 Å². The Kier molecular flexibility index (Phi) is 15.1. The molecular formula is C12H30N2O5. The number of rotatable bonds is 10. The van der Waals surface area contributed by atoms with Crippen molar-refractivity contribution >= 4 is 5.97 Å². The predicted octanol–water partition coefficient (Wildman–Crippen LogP) is 1.58. The lowest BCUT2D eigenvalue weighted by Gasteiger charge is -2.22. The number of carbonyl (C=O) groups is 1. The molecule has 0 aliphatic heterocycles. The fourth-order valence-electron chi connectivity index (χ4n) is 1.64. The lowest BCUT2D eigenvalue weighted by molar-refractivity contribution is -0.237. The summed E-state index contributed by atoms with van der Waals surface area (Å²) in [5, 5.41) is 35.8. The van der Waals surface area contributed by atoms with Crippen LogP contribution in [0.2, 0.25) is 0 Å². The van der Waals surface area contributed by atoms with E-state index < -0.39 is 17.9 Å². The van der Waals surface area contributed by atoms with E-state index in [2.05, 4.69) is 6.92 Å². The van der Waals surface area contributed by atoms with Gasteiger partial charge in [0.1, 0.15) is 6.10 Å². The predicted molar refractivity (Wildman–Crippen MR) is 73.5 cm³/mol. The second-order valence-electron chi connectivity index (χ2n) is 4.46. The highest BCUT2D eigenvalue weighted by Crippen LogP contribution is 2.15. The van der Waals surface area contributed by atoms with Crippen LogP contribution in [0.4, 0.5) is 0 Å².